The van der Waals surface area contributed by atoms with Crippen molar-refractivity contribution < 1.29 is 80.5 Å². The van der Waals surface area contributed by atoms with Crippen molar-refractivity contribution in [2.24, 2.45) is 45.3 Å². The number of Topliss-reactive ketones (excluding diaryl/α,β-unsaturated/α-hetero) is 4. The smallest absolute Gasteiger partial charge is 0.549 e. The van der Waals surface area contributed by atoms with E-state index in [-0.39, 0.29) is 68.5 Å². The summed E-state index contributed by atoms with van der Waals surface area (Å²) in [6, 6.07) is 0. The van der Waals surface area contributed by atoms with Gasteiger partial charge in [-0.3, -0.25) is 19.2 Å². The molecule has 0 saturated heterocycles. The molecule has 0 unspecified atom stereocenters. The van der Waals surface area contributed by atoms with Crippen LogP contribution in [0.4, 0.5) is 0 Å². The van der Waals surface area contributed by atoms with Gasteiger partial charge in [-0.2, -0.15) is 0 Å². The van der Waals surface area contributed by atoms with E-state index in [1.807, 2.05) is 55.4 Å². The zero-order valence-corrected chi connectivity index (χ0v) is 42.6. The van der Waals surface area contributed by atoms with Gasteiger partial charge < -0.3 is 39.6 Å². The molecule has 0 aliphatic rings. The van der Waals surface area contributed by atoms with Gasteiger partial charge in [0.05, 0.1) is 45.5 Å². The van der Waals surface area contributed by atoms with Crippen LogP contribution in [0.5, 0.6) is 0 Å². The average molecular weight is 901 g/mol. The number of carboxylic acids is 4. The predicted molar refractivity (Wildman–Crippen MR) is 228 cm³/mol. The molecule has 0 radical (unpaired) electrons. The molecule has 0 aliphatic carbocycles. The van der Waals surface area contributed by atoms with Crippen molar-refractivity contribution in [1.82, 2.24) is 0 Å². The van der Waals surface area contributed by atoms with Gasteiger partial charge in [0.1, 0.15) is 23.1 Å². The summed E-state index contributed by atoms with van der Waals surface area (Å²) < 4.78 is 0. The maximum Gasteiger partial charge on any atom is 4.00 e. The van der Waals surface area contributed by atoms with E-state index in [0.29, 0.717) is 103 Å². The van der Waals surface area contributed by atoms with Crippen molar-refractivity contribution in [1.29, 1.82) is 0 Å². The van der Waals surface area contributed by atoms with E-state index in [1.165, 1.54) is 0 Å². The molecule has 0 aromatic rings. The molecule has 0 rings (SSSR count). The van der Waals surface area contributed by atoms with Crippen LogP contribution in [0.3, 0.4) is 0 Å². The SMILES string of the molecule is CCC(CC)C(=O)C(CC)(CC)C(=O)[O-].CCC(CC)C(=O)C(CC)(CC)C(=O)[O-].CCC(CC)C(=O)C(CC)(CC)C(=O)[O-].CCC(CC)C(=O)C(CC)(CC)C(=O)[O-].[Ti+4]. The Labute approximate surface area is 384 Å². The zero-order valence-electron chi connectivity index (χ0n) is 41.0. The Bertz CT molecular complexity index is 1110. The minimum absolute atomic E-state index is 0. The second-order valence-electron chi connectivity index (χ2n) is 15.8. The van der Waals surface area contributed by atoms with Gasteiger partial charge in [0.15, 0.2) is 0 Å². The fraction of sp³-hybridized carbons (Fsp3) is 0.833. The van der Waals surface area contributed by atoms with Crippen molar-refractivity contribution in [3.63, 3.8) is 0 Å². The molecule has 61 heavy (non-hydrogen) atoms. The van der Waals surface area contributed by atoms with Crippen molar-refractivity contribution in [3.05, 3.63) is 0 Å². The third kappa shape index (κ3) is 17.1. The van der Waals surface area contributed by atoms with Crippen molar-refractivity contribution in [2.45, 2.75) is 214 Å². The molecule has 0 aromatic carbocycles. The van der Waals surface area contributed by atoms with Crippen molar-refractivity contribution in [3.8, 4) is 0 Å². The summed E-state index contributed by atoms with van der Waals surface area (Å²) in [6.45, 7) is 29.2. The van der Waals surface area contributed by atoms with E-state index in [2.05, 4.69) is 0 Å². The van der Waals surface area contributed by atoms with E-state index in [1.54, 1.807) is 55.4 Å². The van der Waals surface area contributed by atoms with E-state index in [4.69, 9.17) is 0 Å². The molecule has 0 amide bonds. The Balaban J connectivity index is -0.000000227. The normalized spacial score (nSPS) is 11.6. The Kier molecular flexibility index (Phi) is 37.3. The minimum atomic E-state index is -1.27. The summed E-state index contributed by atoms with van der Waals surface area (Å²) in [5.74, 6) is -6.09. The van der Waals surface area contributed by atoms with E-state index in [0.717, 1.165) is 0 Å². The van der Waals surface area contributed by atoms with Crippen LogP contribution < -0.4 is 20.4 Å². The largest absolute Gasteiger partial charge is 4.00 e. The molecule has 0 heterocycles. The van der Waals surface area contributed by atoms with E-state index >= 15 is 0 Å². The van der Waals surface area contributed by atoms with Crippen LogP contribution in [0.2, 0.25) is 0 Å². The molecule has 0 bridgehead atoms. The predicted octanol–water partition coefficient (Wildman–Crippen LogP) is 6.19. The number of carbonyl (C=O) groups excluding carboxylic acids is 8. The second kappa shape index (κ2) is 33.8. The Hall–Kier alpha value is -2.73. The summed E-state index contributed by atoms with van der Waals surface area (Å²) in [5.41, 5.74) is -5.07. The van der Waals surface area contributed by atoms with E-state index in [9.17, 15) is 58.8 Å². The van der Waals surface area contributed by atoms with Gasteiger partial charge in [0.25, 0.3) is 0 Å². The van der Waals surface area contributed by atoms with E-state index < -0.39 is 45.5 Å². The van der Waals surface area contributed by atoms with Gasteiger partial charge in [0, 0.05) is 23.7 Å². The molecule has 0 atom stereocenters. The van der Waals surface area contributed by atoms with Gasteiger partial charge in [0.2, 0.25) is 0 Å². The fourth-order valence-electron chi connectivity index (χ4n) is 8.15. The first kappa shape index (κ1) is 67.4. The first-order chi connectivity index (χ1) is 28.0. The minimum Gasteiger partial charge on any atom is -0.549 e. The third-order valence-electron chi connectivity index (χ3n) is 13.7. The Morgan fingerprint density at radius 1 is 0.279 bits per heavy atom. The Morgan fingerprint density at radius 3 is 0.426 bits per heavy atom. The van der Waals surface area contributed by atoms with Crippen LogP contribution in [0.15, 0.2) is 0 Å². The summed E-state index contributed by atoms with van der Waals surface area (Å²) in [7, 11) is 0. The molecule has 0 spiro atoms. The molecule has 0 aliphatic heterocycles. The van der Waals surface area contributed by atoms with Crippen molar-refractivity contribution in [2.75, 3.05) is 0 Å². The van der Waals surface area contributed by atoms with Crippen LogP contribution in [0.1, 0.15) is 214 Å². The summed E-state index contributed by atoms with van der Waals surface area (Å²) in [6.07, 6.45) is 8.16. The van der Waals surface area contributed by atoms with Gasteiger partial charge in [-0.15, -0.1) is 0 Å². The number of hydrogen-bond donors (Lipinski definition) is 0. The molecule has 0 N–H and O–H groups in total. The summed E-state index contributed by atoms with van der Waals surface area (Å²) in [4.78, 5) is 93.0. The maximum absolute atomic E-state index is 12.1. The molecule has 0 aromatic heterocycles. The Morgan fingerprint density at radius 2 is 0.377 bits per heavy atom. The average Bonchev–Trinajstić information content (AvgIpc) is 3.23. The van der Waals surface area contributed by atoms with Crippen LogP contribution in [-0.4, -0.2) is 47.0 Å². The standard InChI is InChI=1S/4C12H22O3.Ti/c4*1-5-9(6-2)10(13)12(7-3,8-4)11(14)15;/h4*9H,5-8H2,1-4H3,(H,14,15);/q;;;;+4/p-4. The first-order valence-corrected chi connectivity index (χ1v) is 23.0. The number of carboxylic acid groups (broad SMARTS) is 4. The summed E-state index contributed by atoms with van der Waals surface area (Å²) in [5, 5.41) is 44.5. The quantitative estimate of drug-likeness (QED) is 0.0633. The van der Waals surface area contributed by atoms with Crippen LogP contribution in [0.25, 0.3) is 0 Å². The van der Waals surface area contributed by atoms with Gasteiger partial charge >= 0.3 is 21.7 Å². The van der Waals surface area contributed by atoms with Gasteiger partial charge in [-0.25, -0.2) is 0 Å². The molecule has 12 nitrogen and oxygen atoms in total. The molecule has 0 saturated carbocycles. The molecular formula is C48H84O12Ti. The summed E-state index contributed by atoms with van der Waals surface area (Å²) >= 11 is 0. The monoisotopic (exact) mass is 901 g/mol. The topological polar surface area (TPSA) is 229 Å². The van der Waals surface area contributed by atoms with Gasteiger partial charge in [-0.05, 0) is 103 Å². The van der Waals surface area contributed by atoms with Crippen LogP contribution in [-0.2, 0) is 60.1 Å². The number of carbonyl (C=O) groups is 8. The van der Waals surface area contributed by atoms with Crippen molar-refractivity contribution >= 4 is 47.0 Å². The number of ketones is 4. The number of hydrogen-bond acceptors (Lipinski definition) is 12. The van der Waals surface area contributed by atoms with Crippen LogP contribution in [0, 0.1) is 45.3 Å². The number of aliphatic carboxylic acids is 4. The third-order valence-corrected chi connectivity index (χ3v) is 13.7. The zero-order chi connectivity index (χ0) is 48.2. The molecular weight excluding hydrogens is 816 g/mol. The van der Waals surface area contributed by atoms with Crippen LogP contribution >= 0.6 is 0 Å². The fourth-order valence-corrected chi connectivity index (χ4v) is 8.15. The molecule has 0 fully saturated rings. The van der Waals surface area contributed by atoms with Gasteiger partial charge in [-0.1, -0.05) is 111 Å². The first-order valence-electron chi connectivity index (χ1n) is 23.0. The number of rotatable bonds is 28. The maximum atomic E-state index is 12.1. The second-order valence-corrected chi connectivity index (χ2v) is 15.8. The molecule has 13 heteroatoms. The molecule has 352 valence electrons.